The molecule has 2 aromatic carbocycles. The number of hydrogen-bond acceptors (Lipinski definition) is 5. The minimum atomic E-state index is -0.144. The van der Waals surface area contributed by atoms with Crippen LogP contribution in [0.2, 0.25) is 0 Å². The third-order valence-electron chi connectivity index (χ3n) is 3.84. The summed E-state index contributed by atoms with van der Waals surface area (Å²) in [4.78, 5) is 15.5. The van der Waals surface area contributed by atoms with Gasteiger partial charge in [0.25, 0.3) is 5.91 Å². The maximum atomic E-state index is 12.3. The van der Waals surface area contributed by atoms with Gasteiger partial charge in [0.1, 0.15) is 0 Å². The third kappa shape index (κ3) is 2.69. The molecule has 0 fully saturated rings. The first-order valence-electron chi connectivity index (χ1n) is 7.71. The van der Waals surface area contributed by atoms with E-state index in [1.54, 1.807) is 17.8 Å². The van der Waals surface area contributed by atoms with E-state index in [-0.39, 0.29) is 12.7 Å². The Morgan fingerprint density at radius 1 is 1.25 bits per heavy atom. The smallest absolute Gasteiger partial charge is 0.251 e. The fourth-order valence-electron chi connectivity index (χ4n) is 2.74. The largest absolute Gasteiger partial charge is 0.454 e. The lowest BCUT2D eigenvalue weighted by molar-refractivity contribution is -0.111. The van der Waals surface area contributed by atoms with E-state index in [0.717, 1.165) is 39.3 Å². The van der Waals surface area contributed by atoms with Crippen molar-refractivity contribution in [2.24, 2.45) is 0 Å². The van der Waals surface area contributed by atoms with E-state index >= 15 is 0 Å². The van der Waals surface area contributed by atoms with E-state index < -0.39 is 0 Å². The summed E-state index contributed by atoms with van der Waals surface area (Å²) in [6.45, 7) is 3.09. The van der Waals surface area contributed by atoms with Gasteiger partial charge in [0.05, 0.1) is 10.7 Å². The molecule has 4 rings (SSSR count). The lowest BCUT2D eigenvalue weighted by Gasteiger charge is -2.18. The molecule has 0 saturated carbocycles. The summed E-state index contributed by atoms with van der Waals surface area (Å²) in [7, 11) is 0. The van der Waals surface area contributed by atoms with Gasteiger partial charge in [0, 0.05) is 35.3 Å². The zero-order valence-corrected chi connectivity index (χ0v) is 13.9. The van der Waals surface area contributed by atoms with Gasteiger partial charge in [-0.3, -0.25) is 4.79 Å². The number of thioether (sulfide) groups is 1. The maximum Gasteiger partial charge on any atom is 0.251 e. The predicted octanol–water partition coefficient (Wildman–Crippen LogP) is 3.83. The number of amides is 1. The molecule has 2 aliphatic rings. The Labute approximate surface area is 144 Å². The second-order valence-electron chi connectivity index (χ2n) is 5.36. The SMILES string of the molecule is CCN1/C(=C\C(=O)Nc2ccccc2)Sc2cc3c(cc21)OCO3. The quantitative estimate of drug-likeness (QED) is 0.861. The van der Waals surface area contributed by atoms with Gasteiger partial charge in [-0.2, -0.15) is 0 Å². The summed E-state index contributed by atoms with van der Waals surface area (Å²) < 4.78 is 10.9. The topological polar surface area (TPSA) is 50.8 Å². The van der Waals surface area contributed by atoms with Crippen LogP contribution in [0.25, 0.3) is 0 Å². The van der Waals surface area contributed by atoms with Crippen molar-refractivity contribution in [2.45, 2.75) is 11.8 Å². The fourth-order valence-corrected chi connectivity index (χ4v) is 3.91. The first kappa shape index (κ1) is 15.0. The Balaban J connectivity index is 1.59. The van der Waals surface area contributed by atoms with Crippen molar-refractivity contribution < 1.29 is 14.3 Å². The van der Waals surface area contributed by atoms with E-state index in [9.17, 15) is 4.79 Å². The average molecular weight is 340 g/mol. The maximum absolute atomic E-state index is 12.3. The van der Waals surface area contributed by atoms with E-state index in [4.69, 9.17) is 9.47 Å². The Bertz CT molecular complexity index is 821. The Hall–Kier alpha value is -2.60. The molecule has 0 bridgehead atoms. The molecule has 5 nitrogen and oxygen atoms in total. The molecule has 24 heavy (non-hydrogen) atoms. The molecular formula is C18H16N2O3S. The number of benzene rings is 2. The van der Waals surface area contributed by atoms with Crippen molar-refractivity contribution in [2.75, 3.05) is 23.6 Å². The van der Waals surface area contributed by atoms with Crippen molar-refractivity contribution in [3.63, 3.8) is 0 Å². The highest BCUT2D eigenvalue weighted by atomic mass is 32.2. The second-order valence-corrected chi connectivity index (χ2v) is 6.42. The molecule has 0 radical (unpaired) electrons. The Morgan fingerprint density at radius 3 is 2.75 bits per heavy atom. The van der Waals surface area contributed by atoms with Gasteiger partial charge in [-0.1, -0.05) is 30.0 Å². The standard InChI is InChI=1S/C18H16N2O3S/c1-2-20-13-8-14-15(23-11-22-14)9-16(13)24-18(20)10-17(21)19-12-6-4-3-5-7-12/h3-10H,2,11H2,1H3,(H,19,21)/b18-10+. The molecule has 0 aliphatic carbocycles. The van der Waals surface area contributed by atoms with Crippen molar-refractivity contribution in [3.8, 4) is 11.5 Å². The average Bonchev–Trinajstić information content (AvgIpc) is 3.16. The Kier molecular flexibility index (Phi) is 3.82. The summed E-state index contributed by atoms with van der Waals surface area (Å²) in [6.07, 6.45) is 1.63. The zero-order chi connectivity index (χ0) is 16.5. The van der Waals surface area contributed by atoms with Gasteiger partial charge in [-0.15, -0.1) is 0 Å². The number of fused-ring (bicyclic) bond motifs is 2. The normalized spacial score (nSPS) is 16.4. The van der Waals surface area contributed by atoms with Crippen LogP contribution in [0.4, 0.5) is 11.4 Å². The minimum Gasteiger partial charge on any atom is -0.454 e. The van der Waals surface area contributed by atoms with Crippen LogP contribution in [0.1, 0.15) is 6.92 Å². The van der Waals surface area contributed by atoms with Gasteiger partial charge in [0.2, 0.25) is 6.79 Å². The highest BCUT2D eigenvalue weighted by Crippen LogP contribution is 2.51. The van der Waals surface area contributed by atoms with Crippen LogP contribution in [0.5, 0.6) is 11.5 Å². The molecule has 0 spiro atoms. The molecule has 0 atom stereocenters. The number of ether oxygens (including phenoxy) is 2. The van der Waals surface area contributed by atoms with Gasteiger partial charge in [-0.05, 0) is 19.1 Å². The van der Waals surface area contributed by atoms with Crippen molar-refractivity contribution >= 4 is 29.0 Å². The van der Waals surface area contributed by atoms with Crippen LogP contribution in [0.3, 0.4) is 0 Å². The molecule has 122 valence electrons. The predicted molar refractivity (Wildman–Crippen MR) is 94.6 cm³/mol. The summed E-state index contributed by atoms with van der Waals surface area (Å²) in [5.41, 5.74) is 1.83. The number of para-hydroxylation sites is 1. The molecule has 1 amide bonds. The van der Waals surface area contributed by atoms with Crippen molar-refractivity contribution in [3.05, 3.63) is 53.6 Å². The lowest BCUT2D eigenvalue weighted by Crippen LogP contribution is -2.19. The van der Waals surface area contributed by atoms with Gasteiger partial charge in [-0.25, -0.2) is 0 Å². The number of anilines is 2. The van der Waals surface area contributed by atoms with Crippen LogP contribution in [0.15, 0.2) is 58.5 Å². The minimum absolute atomic E-state index is 0.144. The van der Waals surface area contributed by atoms with Crippen molar-refractivity contribution in [1.82, 2.24) is 0 Å². The molecular weight excluding hydrogens is 324 g/mol. The van der Waals surface area contributed by atoms with E-state index in [2.05, 4.69) is 17.1 Å². The molecule has 2 aromatic rings. The summed E-state index contributed by atoms with van der Waals surface area (Å²) in [6, 6.07) is 13.4. The number of carbonyl (C=O) groups excluding carboxylic acids is 1. The molecule has 2 aliphatic heterocycles. The van der Waals surface area contributed by atoms with Crippen LogP contribution in [-0.4, -0.2) is 19.2 Å². The molecule has 6 heteroatoms. The van der Waals surface area contributed by atoms with Crippen LogP contribution in [0, 0.1) is 0 Å². The van der Waals surface area contributed by atoms with Crippen molar-refractivity contribution in [1.29, 1.82) is 0 Å². The van der Waals surface area contributed by atoms with Crippen LogP contribution < -0.4 is 19.7 Å². The van der Waals surface area contributed by atoms with Crippen LogP contribution in [-0.2, 0) is 4.79 Å². The molecule has 1 N–H and O–H groups in total. The number of rotatable bonds is 3. The number of hydrogen-bond donors (Lipinski definition) is 1. The third-order valence-corrected chi connectivity index (χ3v) is 4.93. The molecule has 0 unspecified atom stereocenters. The monoisotopic (exact) mass is 340 g/mol. The zero-order valence-electron chi connectivity index (χ0n) is 13.1. The highest BCUT2D eigenvalue weighted by Gasteiger charge is 2.28. The molecule has 0 saturated heterocycles. The number of nitrogens with one attached hydrogen (secondary N) is 1. The number of nitrogens with zero attached hydrogens (tertiary/aromatic N) is 1. The first-order valence-corrected chi connectivity index (χ1v) is 8.53. The Morgan fingerprint density at radius 2 is 2.00 bits per heavy atom. The summed E-state index contributed by atoms with van der Waals surface area (Å²) in [5, 5.41) is 3.77. The van der Waals surface area contributed by atoms with Gasteiger partial charge in [0.15, 0.2) is 11.5 Å². The number of carbonyl (C=O) groups is 1. The summed E-state index contributed by atoms with van der Waals surface area (Å²) in [5.74, 6) is 1.37. The fraction of sp³-hybridized carbons (Fsp3) is 0.167. The van der Waals surface area contributed by atoms with E-state index in [0.29, 0.717) is 0 Å². The van der Waals surface area contributed by atoms with Crippen LogP contribution >= 0.6 is 11.8 Å². The molecule has 2 heterocycles. The highest BCUT2D eigenvalue weighted by molar-refractivity contribution is 8.03. The first-order chi connectivity index (χ1) is 11.7. The van der Waals surface area contributed by atoms with Gasteiger partial charge < -0.3 is 19.7 Å². The lowest BCUT2D eigenvalue weighted by atomic mass is 10.2. The van der Waals surface area contributed by atoms with E-state index in [1.165, 1.54) is 0 Å². The van der Waals surface area contributed by atoms with Gasteiger partial charge >= 0.3 is 0 Å². The summed E-state index contributed by atoms with van der Waals surface area (Å²) >= 11 is 1.56. The van der Waals surface area contributed by atoms with E-state index in [1.807, 2.05) is 42.5 Å². The second kappa shape index (κ2) is 6.13. The molecule has 0 aromatic heterocycles.